The molecule has 0 atom stereocenters. The summed E-state index contributed by atoms with van der Waals surface area (Å²) in [5.74, 6) is -0.381. The van der Waals surface area contributed by atoms with Crippen LogP contribution in [0.15, 0.2) is 101 Å². The molecule has 5 aromatic rings. The van der Waals surface area contributed by atoms with Gasteiger partial charge in [-0.2, -0.15) is 8.42 Å². The van der Waals surface area contributed by atoms with Gasteiger partial charge in [0.2, 0.25) is 0 Å². The molecule has 0 saturated carbocycles. The van der Waals surface area contributed by atoms with E-state index in [9.17, 15) is 26.2 Å². The Kier molecular flexibility index (Phi) is 6.95. The van der Waals surface area contributed by atoms with E-state index in [1.165, 1.54) is 36.4 Å². The summed E-state index contributed by atoms with van der Waals surface area (Å²) in [6.45, 7) is 1.61. The van der Waals surface area contributed by atoms with Gasteiger partial charge in [-0.15, -0.1) is 11.3 Å². The highest BCUT2D eigenvalue weighted by Crippen LogP contribution is 2.36. The average molecular weight is 580 g/mol. The van der Waals surface area contributed by atoms with Crippen LogP contribution >= 0.6 is 11.3 Å². The van der Waals surface area contributed by atoms with Gasteiger partial charge in [0.15, 0.2) is 0 Å². The van der Waals surface area contributed by atoms with E-state index in [1.807, 2.05) is 0 Å². The van der Waals surface area contributed by atoms with Gasteiger partial charge in [-0.05, 0) is 79.2 Å². The Balaban J connectivity index is 1.29. The number of carbonyl (C=O) groups excluding carboxylic acids is 1. The second-order valence-electron chi connectivity index (χ2n) is 8.58. The second-order valence-corrected chi connectivity index (χ2v) is 12.6. The fourth-order valence-electron chi connectivity index (χ4n) is 3.91. The summed E-state index contributed by atoms with van der Waals surface area (Å²) in [6, 6.07) is 24.2. The fraction of sp³-hybridized carbons (Fsp3) is 0.0370. The van der Waals surface area contributed by atoms with Gasteiger partial charge in [0, 0.05) is 22.5 Å². The van der Waals surface area contributed by atoms with Gasteiger partial charge >= 0.3 is 0 Å². The van der Waals surface area contributed by atoms with Crippen LogP contribution < -0.4 is 10.0 Å². The van der Waals surface area contributed by atoms with E-state index in [0.717, 1.165) is 11.3 Å². The van der Waals surface area contributed by atoms with Crippen LogP contribution in [0.2, 0.25) is 0 Å². The third-order valence-electron chi connectivity index (χ3n) is 5.81. The van der Waals surface area contributed by atoms with Crippen LogP contribution in [-0.2, 0) is 20.1 Å². The average Bonchev–Trinajstić information content (AvgIpc) is 3.33. The summed E-state index contributed by atoms with van der Waals surface area (Å²) in [5, 5.41) is 3.35. The SMILES string of the molecule is Cc1ccc2nc(-c3ccc(NC(=O)c4ccc(NS(=O)(=O)c5ccccc5)cc4)cc3)sc2c1S(=O)(=O)O. The number of rotatable bonds is 7. The Morgan fingerprint density at radius 1 is 0.821 bits per heavy atom. The highest BCUT2D eigenvalue weighted by Gasteiger charge is 2.21. The zero-order valence-corrected chi connectivity index (χ0v) is 22.8. The molecule has 0 bridgehead atoms. The Hall–Kier alpha value is -4.10. The van der Waals surface area contributed by atoms with Gasteiger partial charge in [0.25, 0.3) is 26.0 Å². The molecule has 5 rings (SSSR count). The molecule has 4 aromatic carbocycles. The van der Waals surface area contributed by atoms with Crippen molar-refractivity contribution in [2.24, 2.45) is 0 Å². The maximum Gasteiger partial charge on any atom is 0.296 e. The summed E-state index contributed by atoms with van der Waals surface area (Å²) in [7, 11) is -8.15. The summed E-state index contributed by atoms with van der Waals surface area (Å²) < 4.78 is 61.2. The molecule has 0 aliphatic heterocycles. The van der Waals surface area contributed by atoms with Gasteiger partial charge in [-0.1, -0.05) is 24.3 Å². The molecule has 0 aliphatic rings. The molecule has 0 saturated heterocycles. The van der Waals surface area contributed by atoms with Crippen LogP contribution in [0.25, 0.3) is 20.8 Å². The Morgan fingerprint density at radius 2 is 1.46 bits per heavy atom. The third kappa shape index (κ3) is 5.68. The molecule has 9 nitrogen and oxygen atoms in total. The maximum absolute atomic E-state index is 12.7. The van der Waals surface area contributed by atoms with Crippen LogP contribution in [0, 0.1) is 6.92 Å². The van der Waals surface area contributed by atoms with E-state index in [-0.39, 0.29) is 15.7 Å². The molecule has 198 valence electrons. The Morgan fingerprint density at radius 3 is 2.10 bits per heavy atom. The van der Waals surface area contributed by atoms with E-state index in [0.29, 0.717) is 43.3 Å². The Labute approximate surface area is 229 Å². The number of nitrogens with zero attached hydrogens (tertiary/aromatic N) is 1. The molecule has 1 heterocycles. The first-order valence-electron chi connectivity index (χ1n) is 11.5. The van der Waals surface area contributed by atoms with Crippen molar-refractivity contribution < 1.29 is 26.2 Å². The van der Waals surface area contributed by atoms with Crippen molar-refractivity contribution in [2.45, 2.75) is 16.7 Å². The number of benzene rings is 4. The monoisotopic (exact) mass is 579 g/mol. The highest BCUT2D eigenvalue weighted by atomic mass is 32.2. The number of aromatic nitrogens is 1. The minimum atomic E-state index is -4.41. The van der Waals surface area contributed by atoms with Crippen LogP contribution in [0.1, 0.15) is 15.9 Å². The van der Waals surface area contributed by atoms with Crippen molar-refractivity contribution in [3.8, 4) is 10.6 Å². The van der Waals surface area contributed by atoms with E-state index in [1.54, 1.807) is 61.5 Å². The van der Waals surface area contributed by atoms with Crippen molar-refractivity contribution in [2.75, 3.05) is 10.0 Å². The van der Waals surface area contributed by atoms with Crippen molar-refractivity contribution in [3.05, 3.63) is 102 Å². The van der Waals surface area contributed by atoms with Crippen molar-refractivity contribution >= 4 is 59.0 Å². The zero-order valence-electron chi connectivity index (χ0n) is 20.3. The predicted molar refractivity (Wildman–Crippen MR) is 151 cm³/mol. The maximum atomic E-state index is 12.7. The van der Waals surface area contributed by atoms with Crippen LogP contribution in [0.5, 0.6) is 0 Å². The largest absolute Gasteiger partial charge is 0.322 e. The first-order valence-corrected chi connectivity index (χ1v) is 15.2. The molecular weight excluding hydrogens is 559 g/mol. The van der Waals surface area contributed by atoms with Crippen molar-refractivity contribution in [3.63, 3.8) is 0 Å². The molecule has 39 heavy (non-hydrogen) atoms. The number of anilines is 2. The summed E-state index contributed by atoms with van der Waals surface area (Å²) in [6.07, 6.45) is 0. The number of amides is 1. The fourth-order valence-corrected chi connectivity index (χ4v) is 7.31. The first-order chi connectivity index (χ1) is 18.5. The van der Waals surface area contributed by atoms with Crippen LogP contribution in [0.4, 0.5) is 11.4 Å². The van der Waals surface area contributed by atoms with Gasteiger partial charge < -0.3 is 5.32 Å². The van der Waals surface area contributed by atoms with E-state index in [4.69, 9.17) is 0 Å². The summed E-state index contributed by atoms with van der Waals surface area (Å²) in [4.78, 5) is 17.2. The number of nitrogens with one attached hydrogen (secondary N) is 2. The Bertz CT molecular complexity index is 1900. The van der Waals surface area contributed by atoms with E-state index in [2.05, 4.69) is 15.0 Å². The topological polar surface area (TPSA) is 143 Å². The molecule has 1 aromatic heterocycles. The smallest absolute Gasteiger partial charge is 0.296 e. The number of sulfonamides is 1. The minimum Gasteiger partial charge on any atom is -0.322 e. The quantitative estimate of drug-likeness (QED) is 0.214. The molecule has 12 heteroatoms. The van der Waals surface area contributed by atoms with Gasteiger partial charge in [-0.3, -0.25) is 14.1 Å². The summed E-state index contributed by atoms with van der Waals surface area (Å²) >= 11 is 1.15. The highest BCUT2D eigenvalue weighted by molar-refractivity contribution is 7.92. The number of hydrogen-bond acceptors (Lipinski definition) is 7. The number of fused-ring (bicyclic) bond motifs is 1. The first kappa shape index (κ1) is 26.5. The molecule has 0 spiro atoms. The molecule has 0 aliphatic carbocycles. The van der Waals surface area contributed by atoms with Crippen molar-refractivity contribution in [1.82, 2.24) is 4.98 Å². The lowest BCUT2D eigenvalue weighted by Gasteiger charge is -2.09. The van der Waals surface area contributed by atoms with E-state index < -0.39 is 20.1 Å². The standard InChI is InChI=1S/C27H21N3O6S3/c1-17-7-16-23-24(25(17)39(34,35)36)37-27(29-23)19-10-12-20(13-11-19)28-26(31)18-8-14-21(15-9-18)30-38(32,33)22-5-3-2-4-6-22/h2-16,30H,1H3,(H,28,31)(H,34,35,36). The van der Waals surface area contributed by atoms with E-state index >= 15 is 0 Å². The minimum absolute atomic E-state index is 0.134. The third-order valence-corrected chi connectivity index (χ3v) is 9.52. The van der Waals surface area contributed by atoms with Gasteiger partial charge in [0.05, 0.1) is 15.1 Å². The number of carbonyl (C=O) groups is 1. The molecule has 0 unspecified atom stereocenters. The molecular formula is C27H21N3O6S3. The van der Waals surface area contributed by atoms with Crippen LogP contribution in [-0.4, -0.2) is 32.3 Å². The number of hydrogen-bond donors (Lipinski definition) is 3. The van der Waals surface area contributed by atoms with Crippen LogP contribution in [0.3, 0.4) is 0 Å². The molecule has 3 N–H and O–H groups in total. The lowest BCUT2D eigenvalue weighted by atomic mass is 10.1. The molecule has 0 radical (unpaired) electrons. The molecule has 1 amide bonds. The van der Waals surface area contributed by atoms with Gasteiger partial charge in [-0.25, -0.2) is 13.4 Å². The number of aryl methyl sites for hydroxylation is 1. The zero-order chi connectivity index (χ0) is 27.8. The lowest BCUT2D eigenvalue weighted by Crippen LogP contribution is -2.14. The molecule has 0 fully saturated rings. The lowest BCUT2D eigenvalue weighted by molar-refractivity contribution is 0.102. The summed E-state index contributed by atoms with van der Waals surface area (Å²) in [5.41, 5.74) is 2.78. The normalized spacial score (nSPS) is 11.8. The predicted octanol–water partition coefficient (Wildman–Crippen LogP) is 5.57. The van der Waals surface area contributed by atoms with Crippen molar-refractivity contribution in [1.29, 1.82) is 0 Å². The van der Waals surface area contributed by atoms with Gasteiger partial charge in [0.1, 0.15) is 9.90 Å². The number of thiazole rings is 1. The second kappa shape index (κ2) is 10.2.